The van der Waals surface area contributed by atoms with E-state index in [4.69, 9.17) is 0 Å². The first-order valence-electron chi connectivity index (χ1n) is 7.29. The third-order valence-electron chi connectivity index (χ3n) is 3.99. The minimum atomic E-state index is -0.375. The van der Waals surface area contributed by atoms with Gasteiger partial charge in [-0.3, -0.25) is 4.39 Å². The predicted molar refractivity (Wildman–Crippen MR) is 82.6 cm³/mol. The SMILES string of the molecule is CCC(c1ccc(O)cc1)C(CC[18F])c1ccc(O)cc1. The third-order valence-corrected chi connectivity index (χ3v) is 3.99. The highest BCUT2D eigenvalue weighted by Gasteiger charge is 2.23. The molecule has 112 valence electrons. The maximum atomic E-state index is 13.0. The van der Waals surface area contributed by atoms with Gasteiger partial charge < -0.3 is 10.2 Å². The van der Waals surface area contributed by atoms with E-state index >= 15 is 0 Å². The molecule has 0 amide bonds. The predicted octanol–water partition coefficient (Wildman–Crippen LogP) is 4.73. The van der Waals surface area contributed by atoms with Crippen LogP contribution in [0.4, 0.5) is 4.39 Å². The fourth-order valence-corrected chi connectivity index (χ4v) is 2.91. The van der Waals surface area contributed by atoms with Gasteiger partial charge in [0.15, 0.2) is 0 Å². The lowest BCUT2D eigenvalue weighted by molar-refractivity contribution is 0.399. The van der Waals surface area contributed by atoms with Gasteiger partial charge in [0, 0.05) is 0 Å². The molecule has 0 aromatic heterocycles. The summed E-state index contributed by atoms with van der Waals surface area (Å²) in [5.41, 5.74) is 2.13. The van der Waals surface area contributed by atoms with Crippen molar-refractivity contribution in [2.75, 3.05) is 6.67 Å². The Morgan fingerprint density at radius 2 is 1.24 bits per heavy atom. The van der Waals surface area contributed by atoms with Gasteiger partial charge in [-0.25, -0.2) is 0 Å². The Hall–Kier alpha value is -2.03. The van der Waals surface area contributed by atoms with Crippen molar-refractivity contribution in [1.29, 1.82) is 0 Å². The molecular formula is C18H21FO2. The van der Waals surface area contributed by atoms with Crippen LogP contribution in [0.15, 0.2) is 48.5 Å². The monoisotopic (exact) mass is 287 g/mol. The fraction of sp³-hybridized carbons (Fsp3) is 0.333. The maximum absolute atomic E-state index is 13.0. The summed E-state index contributed by atoms with van der Waals surface area (Å²) in [6, 6.07) is 14.1. The van der Waals surface area contributed by atoms with Crippen molar-refractivity contribution in [2.45, 2.75) is 31.6 Å². The molecule has 0 spiro atoms. The van der Waals surface area contributed by atoms with Crippen molar-refractivity contribution in [3.8, 4) is 11.5 Å². The lowest BCUT2D eigenvalue weighted by Crippen LogP contribution is -2.12. The normalized spacial score (nSPS) is 13.8. The van der Waals surface area contributed by atoms with Crippen molar-refractivity contribution in [3.63, 3.8) is 0 Å². The molecule has 2 N–H and O–H groups in total. The van der Waals surface area contributed by atoms with Crippen LogP contribution in [0.3, 0.4) is 0 Å². The lowest BCUT2D eigenvalue weighted by Gasteiger charge is -2.26. The van der Waals surface area contributed by atoms with Gasteiger partial charge in [-0.05, 0) is 60.1 Å². The van der Waals surface area contributed by atoms with E-state index in [-0.39, 0.29) is 30.0 Å². The van der Waals surface area contributed by atoms with Crippen LogP contribution < -0.4 is 0 Å². The number of phenolic OH excluding ortho intramolecular Hbond substituents is 2. The highest BCUT2D eigenvalue weighted by atomic mass is 18.2. The van der Waals surface area contributed by atoms with Gasteiger partial charge in [-0.2, -0.15) is 0 Å². The number of aromatic hydroxyl groups is 2. The molecule has 0 aliphatic heterocycles. The van der Waals surface area contributed by atoms with E-state index < -0.39 is 0 Å². The van der Waals surface area contributed by atoms with Crippen LogP contribution in [0.1, 0.15) is 42.7 Å². The number of benzene rings is 2. The molecule has 0 bridgehead atoms. The molecule has 0 aliphatic carbocycles. The van der Waals surface area contributed by atoms with Crippen LogP contribution >= 0.6 is 0 Å². The summed E-state index contributed by atoms with van der Waals surface area (Å²) in [6.45, 7) is 1.71. The second-order valence-corrected chi connectivity index (χ2v) is 5.28. The van der Waals surface area contributed by atoms with Crippen molar-refractivity contribution < 1.29 is 14.6 Å². The van der Waals surface area contributed by atoms with Gasteiger partial charge in [-0.15, -0.1) is 0 Å². The molecule has 3 heteroatoms. The van der Waals surface area contributed by atoms with E-state index in [0.29, 0.717) is 6.42 Å². The van der Waals surface area contributed by atoms with Crippen molar-refractivity contribution in [1.82, 2.24) is 0 Å². The van der Waals surface area contributed by atoms with E-state index in [9.17, 15) is 14.6 Å². The first-order valence-corrected chi connectivity index (χ1v) is 7.29. The largest absolute Gasteiger partial charge is 0.508 e. The zero-order chi connectivity index (χ0) is 15.2. The van der Waals surface area contributed by atoms with Crippen LogP contribution in [0.5, 0.6) is 11.5 Å². The third kappa shape index (κ3) is 3.75. The summed E-state index contributed by atoms with van der Waals surface area (Å²) in [6.07, 6.45) is 1.33. The molecule has 2 rings (SSSR count). The van der Waals surface area contributed by atoms with Gasteiger partial charge in [-0.1, -0.05) is 31.2 Å². The molecule has 0 fully saturated rings. The van der Waals surface area contributed by atoms with Gasteiger partial charge in [0.05, 0.1) is 6.67 Å². The Balaban J connectivity index is 2.33. The molecule has 2 aromatic carbocycles. The number of hydrogen-bond donors (Lipinski definition) is 2. The van der Waals surface area contributed by atoms with Crippen molar-refractivity contribution >= 4 is 0 Å². The number of halogens is 1. The van der Waals surface area contributed by atoms with Crippen LogP contribution in [0.25, 0.3) is 0 Å². The molecule has 0 radical (unpaired) electrons. The summed E-state index contributed by atoms with van der Waals surface area (Å²) in [5.74, 6) is 0.701. The van der Waals surface area contributed by atoms with Gasteiger partial charge >= 0.3 is 0 Å². The van der Waals surface area contributed by atoms with E-state index in [1.165, 1.54) is 0 Å². The van der Waals surface area contributed by atoms with E-state index in [1.807, 2.05) is 24.3 Å². The van der Waals surface area contributed by atoms with Crippen molar-refractivity contribution in [3.05, 3.63) is 59.7 Å². The topological polar surface area (TPSA) is 40.5 Å². The molecule has 2 nitrogen and oxygen atoms in total. The molecular weight excluding hydrogens is 266 g/mol. The van der Waals surface area contributed by atoms with E-state index in [1.54, 1.807) is 24.3 Å². The van der Waals surface area contributed by atoms with Crippen LogP contribution in [0.2, 0.25) is 0 Å². The molecule has 2 atom stereocenters. The highest BCUT2D eigenvalue weighted by Crippen LogP contribution is 2.38. The molecule has 2 unspecified atom stereocenters. The summed E-state index contributed by atoms with van der Waals surface area (Å²) in [5, 5.41) is 18.8. The quantitative estimate of drug-likeness (QED) is 0.806. The highest BCUT2D eigenvalue weighted by molar-refractivity contribution is 5.34. The number of hydrogen-bond acceptors (Lipinski definition) is 2. The van der Waals surface area contributed by atoms with Gasteiger partial charge in [0.1, 0.15) is 11.5 Å². The molecule has 0 heterocycles. The Morgan fingerprint density at radius 1 is 0.810 bits per heavy atom. The first kappa shape index (κ1) is 15.4. The summed E-state index contributed by atoms with van der Waals surface area (Å²) in [4.78, 5) is 0. The average molecular weight is 287 g/mol. The molecule has 2 aromatic rings. The smallest absolute Gasteiger partial charge is 0.115 e. The van der Waals surface area contributed by atoms with E-state index in [2.05, 4.69) is 6.92 Å². The maximum Gasteiger partial charge on any atom is 0.115 e. The summed E-state index contributed by atoms with van der Waals surface area (Å²) >= 11 is 0. The molecule has 21 heavy (non-hydrogen) atoms. The Kier molecular flexibility index (Phi) is 5.20. The Labute approximate surface area is 124 Å². The number of phenols is 2. The van der Waals surface area contributed by atoms with Crippen molar-refractivity contribution in [2.24, 2.45) is 0 Å². The van der Waals surface area contributed by atoms with Crippen LogP contribution in [0, 0.1) is 0 Å². The number of rotatable bonds is 6. The summed E-state index contributed by atoms with van der Waals surface area (Å²) < 4.78 is 13.0. The Morgan fingerprint density at radius 3 is 1.62 bits per heavy atom. The second-order valence-electron chi connectivity index (χ2n) is 5.28. The van der Waals surface area contributed by atoms with Crippen LogP contribution in [-0.2, 0) is 0 Å². The number of alkyl halides is 1. The van der Waals surface area contributed by atoms with Crippen LogP contribution in [-0.4, -0.2) is 16.9 Å². The van der Waals surface area contributed by atoms with Gasteiger partial charge in [0.2, 0.25) is 0 Å². The zero-order valence-electron chi connectivity index (χ0n) is 12.2. The fourth-order valence-electron chi connectivity index (χ4n) is 2.91. The molecule has 0 aliphatic rings. The van der Waals surface area contributed by atoms with Gasteiger partial charge in [0.25, 0.3) is 0 Å². The standard InChI is InChI=1S/C18H21FO2/c1-2-17(13-3-7-15(20)8-4-13)18(11-12-19)14-5-9-16(21)10-6-14/h3-10,17-18,20-21H,2,11-12H2,1H3/i19-1. The first-order chi connectivity index (χ1) is 10.2. The zero-order valence-corrected chi connectivity index (χ0v) is 12.2. The summed E-state index contributed by atoms with van der Waals surface area (Å²) in [7, 11) is 0. The molecule has 0 saturated carbocycles. The molecule has 0 saturated heterocycles. The lowest BCUT2D eigenvalue weighted by atomic mass is 9.78. The minimum Gasteiger partial charge on any atom is -0.508 e. The van der Waals surface area contributed by atoms with E-state index in [0.717, 1.165) is 17.5 Å². The second kappa shape index (κ2) is 7.11. The average Bonchev–Trinajstić information content (AvgIpc) is 2.50. The Bertz CT molecular complexity index is 548. The minimum absolute atomic E-state index is 0.0603.